The topological polar surface area (TPSA) is 86.6 Å². The standard InChI is InChI=1S/C29H37NO4/c1-18-9-7-13-22(31)15-16-25(32)29-23(14-8-10-18)27(33)20(3)19(2)26(29)24(30-28(29)34)17-21-11-5-4-6-12-21/h4-6,8,11-12,14-16,18-19,22-24,26-27,31,33H,3,7,9-10,13,17H2,1-2H3,(H,30,34)/b14-8+,16-15+/t18-,19-,22+,23?,24+,26+,27-,29-/m1/s1. The number of carbonyl (C=O) groups excluding carboxylic acids is 2. The first-order valence-electron chi connectivity index (χ1n) is 12.6. The molecule has 1 aromatic carbocycles. The maximum atomic E-state index is 13.9. The van der Waals surface area contributed by atoms with Crippen molar-refractivity contribution in [2.45, 2.75) is 64.2 Å². The minimum Gasteiger partial charge on any atom is -0.389 e. The highest BCUT2D eigenvalue weighted by Crippen LogP contribution is 2.56. The first-order valence-corrected chi connectivity index (χ1v) is 12.6. The van der Waals surface area contributed by atoms with Crippen LogP contribution in [0, 0.1) is 29.1 Å². The van der Waals surface area contributed by atoms with E-state index in [4.69, 9.17) is 0 Å². The lowest BCUT2D eigenvalue weighted by atomic mass is 9.52. The van der Waals surface area contributed by atoms with Crippen LogP contribution in [0.1, 0.15) is 45.1 Å². The van der Waals surface area contributed by atoms with Gasteiger partial charge in [0.05, 0.1) is 12.2 Å². The Morgan fingerprint density at radius 1 is 1.09 bits per heavy atom. The third kappa shape index (κ3) is 4.32. The van der Waals surface area contributed by atoms with E-state index in [-0.39, 0.29) is 29.6 Å². The quantitative estimate of drug-likeness (QED) is 0.460. The molecular formula is C29H37NO4. The highest BCUT2D eigenvalue weighted by atomic mass is 16.3. The van der Waals surface area contributed by atoms with Gasteiger partial charge in [-0.25, -0.2) is 0 Å². The van der Waals surface area contributed by atoms with Crippen LogP contribution < -0.4 is 5.32 Å². The second-order valence-corrected chi connectivity index (χ2v) is 10.5. The number of ketones is 1. The first-order chi connectivity index (χ1) is 16.3. The predicted octanol–water partition coefficient (Wildman–Crippen LogP) is 3.77. The number of nitrogens with one attached hydrogen (secondary N) is 1. The zero-order valence-electron chi connectivity index (χ0n) is 20.2. The van der Waals surface area contributed by atoms with Crippen LogP contribution in [0.15, 0.2) is 66.8 Å². The molecule has 1 aliphatic heterocycles. The number of aliphatic hydroxyl groups excluding tert-OH is 2. The third-order valence-corrected chi connectivity index (χ3v) is 8.28. The molecule has 0 bridgehead atoms. The fourth-order valence-corrected chi connectivity index (χ4v) is 6.37. The molecule has 1 spiro atoms. The Kier molecular flexibility index (Phi) is 7.25. The molecule has 34 heavy (non-hydrogen) atoms. The maximum absolute atomic E-state index is 13.9. The van der Waals surface area contributed by atoms with Crippen molar-refractivity contribution in [3.8, 4) is 0 Å². The van der Waals surface area contributed by atoms with Gasteiger partial charge in [-0.3, -0.25) is 9.59 Å². The Hall–Kier alpha value is -2.50. The van der Waals surface area contributed by atoms with E-state index in [2.05, 4.69) is 18.8 Å². The van der Waals surface area contributed by atoms with Crippen LogP contribution in [0.4, 0.5) is 0 Å². The molecule has 1 aromatic rings. The summed E-state index contributed by atoms with van der Waals surface area (Å²) in [5, 5.41) is 24.9. The number of rotatable bonds is 2. The van der Waals surface area contributed by atoms with Crippen molar-refractivity contribution in [3.63, 3.8) is 0 Å². The highest BCUT2D eigenvalue weighted by molar-refractivity contribution is 6.13. The van der Waals surface area contributed by atoms with Gasteiger partial charge >= 0.3 is 0 Å². The van der Waals surface area contributed by atoms with Gasteiger partial charge in [0.25, 0.3) is 0 Å². The zero-order valence-corrected chi connectivity index (χ0v) is 20.2. The third-order valence-electron chi connectivity index (χ3n) is 8.28. The van der Waals surface area contributed by atoms with Crippen molar-refractivity contribution in [2.75, 3.05) is 0 Å². The van der Waals surface area contributed by atoms with Gasteiger partial charge in [0.1, 0.15) is 5.41 Å². The average molecular weight is 464 g/mol. The Bertz CT molecular complexity index is 983. The van der Waals surface area contributed by atoms with E-state index in [9.17, 15) is 19.8 Å². The van der Waals surface area contributed by atoms with Crippen molar-refractivity contribution in [1.29, 1.82) is 0 Å². The second-order valence-electron chi connectivity index (χ2n) is 10.5. The molecule has 1 amide bonds. The summed E-state index contributed by atoms with van der Waals surface area (Å²) in [5.41, 5.74) is 0.306. The molecule has 2 aliphatic carbocycles. The predicted molar refractivity (Wildman–Crippen MR) is 133 cm³/mol. The molecule has 0 radical (unpaired) electrons. The van der Waals surface area contributed by atoms with Gasteiger partial charge in [-0.2, -0.15) is 0 Å². The van der Waals surface area contributed by atoms with Crippen molar-refractivity contribution in [3.05, 3.63) is 72.4 Å². The van der Waals surface area contributed by atoms with Crippen LogP contribution >= 0.6 is 0 Å². The van der Waals surface area contributed by atoms with Crippen molar-refractivity contribution < 1.29 is 19.8 Å². The van der Waals surface area contributed by atoms with Crippen LogP contribution in [0.3, 0.4) is 0 Å². The minimum atomic E-state index is -1.44. The van der Waals surface area contributed by atoms with Gasteiger partial charge in [0, 0.05) is 17.9 Å². The van der Waals surface area contributed by atoms with Gasteiger partial charge in [0.15, 0.2) is 5.78 Å². The summed E-state index contributed by atoms with van der Waals surface area (Å²) < 4.78 is 0. The minimum absolute atomic E-state index is 0.232. The lowest BCUT2D eigenvalue weighted by Crippen LogP contribution is -2.58. The molecule has 2 fully saturated rings. The van der Waals surface area contributed by atoms with Gasteiger partial charge in [-0.1, -0.05) is 81.8 Å². The normalized spacial score (nSPS) is 40.7. The lowest BCUT2D eigenvalue weighted by Gasteiger charge is -2.48. The monoisotopic (exact) mass is 463 g/mol. The van der Waals surface area contributed by atoms with Crippen LogP contribution in [-0.2, 0) is 16.0 Å². The number of carbonyl (C=O) groups is 2. The van der Waals surface area contributed by atoms with Crippen LogP contribution in [0.2, 0.25) is 0 Å². The average Bonchev–Trinajstić information content (AvgIpc) is 3.11. The Morgan fingerprint density at radius 3 is 2.56 bits per heavy atom. The fourth-order valence-electron chi connectivity index (χ4n) is 6.37. The molecule has 1 heterocycles. The smallest absolute Gasteiger partial charge is 0.235 e. The molecule has 182 valence electrons. The molecule has 5 heteroatoms. The van der Waals surface area contributed by atoms with Crippen LogP contribution in [0.5, 0.6) is 0 Å². The summed E-state index contributed by atoms with van der Waals surface area (Å²) in [4.78, 5) is 27.7. The molecule has 1 saturated heterocycles. The number of benzene rings is 1. The fraction of sp³-hybridized carbons (Fsp3) is 0.517. The largest absolute Gasteiger partial charge is 0.389 e. The molecule has 8 atom stereocenters. The van der Waals surface area contributed by atoms with Crippen LogP contribution in [-0.4, -0.2) is 40.2 Å². The second kappa shape index (κ2) is 10.0. The van der Waals surface area contributed by atoms with Crippen molar-refractivity contribution in [1.82, 2.24) is 5.32 Å². The lowest BCUT2D eigenvalue weighted by molar-refractivity contribution is -0.148. The number of aliphatic hydroxyl groups is 2. The highest BCUT2D eigenvalue weighted by Gasteiger charge is 2.68. The SMILES string of the molecule is C=C1[C@@H](O)C2/C=C/C[C@H](C)CCC[C@H](O)/C=C/C(=O)[C@]23C(=O)N[C@@H](Cc2ccccc2)[C@@H]3[C@@H]1C. The van der Waals surface area contributed by atoms with Gasteiger partial charge in [-0.05, 0) is 48.3 Å². The molecule has 0 aromatic heterocycles. The first kappa shape index (κ1) is 24.6. The summed E-state index contributed by atoms with van der Waals surface area (Å²) in [6, 6.07) is 9.68. The summed E-state index contributed by atoms with van der Waals surface area (Å²) in [7, 11) is 0. The van der Waals surface area contributed by atoms with E-state index < -0.39 is 23.5 Å². The van der Waals surface area contributed by atoms with E-state index in [0.717, 1.165) is 24.8 Å². The molecule has 1 saturated carbocycles. The Morgan fingerprint density at radius 2 is 1.82 bits per heavy atom. The van der Waals surface area contributed by atoms with Crippen molar-refractivity contribution in [2.24, 2.45) is 29.1 Å². The molecule has 3 N–H and O–H groups in total. The number of hydrogen-bond donors (Lipinski definition) is 3. The Labute approximate surface area is 202 Å². The van der Waals surface area contributed by atoms with E-state index >= 15 is 0 Å². The van der Waals surface area contributed by atoms with E-state index in [1.165, 1.54) is 12.2 Å². The van der Waals surface area contributed by atoms with Crippen molar-refractivity contribution >= 4 is 11.7 Å². The summed E-state index contributed by atoms with van der Waals surface area (Å²) in [6.07, 6.45) is 8.88. The van der Waals surface area contributed by atoms with Gasteiger partial charge in [0.2, 0.25) is 5.91 Å². The molecule has 3 aliphatic rings. The Balaban J connectivity index is 1.83. The van der Waals surface area contributed by atoms with Gasteiger partial charge in [-0.15, -0.1) is 0 Å². The zero-order chi connectivity index (χ0) is 24.5. The van der Waals surface area contributed by atoms with Gasteiger partial charge < -0.3 is 15.5 Å². The molecule has 1 unspecified atom stereocenters. The number of amides is 1. The maximum Gasteiger partial charge on any atom is 0.235 e. The molecule has 4 rings (SSSR count). The van der Waals surface area contributed by atoms with E-state index in [0.29, 0.717) is 24.3 Å². The molecular weight excluding hydrogens is 426 g/mol. The summed E-state index contributed by atoms with van der Waals surface area (Å²) in [5.74, 6) is -1.57. The van der Waals surface area contributed by atoms with E-state index in [1.807, 2.05) is 49.4 Å². The number of allylic oxidation sites excluding steroid dienone is 2. The van der Waals surface area contributed by atoms with Crippen LogP contribution in [0.25, 0.3) is 0 Å². The number of hydrogen-bond acceptors (Lipinski definition) is 4. The molecule has 5 nitrogen and oxygen atoms in total. The summed E-state index contributed by atoms with van der Waals surface area (Å²) >= 11 is 0. The van der Waals surface area contributed by atoms with E-state index in [1.54, 1.807) is 0 Å². The summed E-state index contributed by atoms with van der Waals surface area (Å²) in [6.45, 7) is 8.32.